The van der Waals surface area contributed by atoms with Crippen LogP contribution in [0.4, 0.5) is 0 Å². The Bertz CT molecular complexity index is 1560. The van der Waals surface area contributed by atoms with Gasteiger partial charge in [-0.1, -0.05) is 0 Å². The number of hydrogen-bond acceptors (Lipinski definition) is 16. The lowest BCUT2D eigenvalue weighted by molar-refractivity contribution is -0.318. The average Bonchev–Trinajstić information content (AvgIpc) is 2.98. The van der Waals surface area contributed by atoms with E-state index in [1.54, 1.807) is 0 Å². The zero-order chi connectivity index (χ0) is 32.0. The molecule has 5 rings (SSSR count). The Morgan fingerprint density at radius 1 is 0.795 bits per heavy atom. The molecule has 2 aromatic carbocycles. The van der Waals surface area contributed by atoms with E-state index in [0.29, 0.717) is 0 Å². The van der Waals surface area contributed by atoms with E-state index in [-0.39, 0.29) is 28.4 Å². The molecule has 2 aliphatic rings. The van der Waals surface area contributed by atoms with Gasteiger partial charge in [-0.3, -0.25) is 4.79 Å². The minimum absolute atomic E-state index is 0.0594. The van der Waals surface area contributed by atoms with Crippen LogP contribution in [0.1, 0.15) is 6.92 Å². The molecule has 0 spiro atoms. The third kappa shape index (κ3) is 5.74. The van der Waals surface area contributed by atoms with Crippen LogP contribution in [0.2, 0.25) is 0 Å². The maximum Gasteiger partial charge on any atom is 0.239 e. The van der Waals surface area contributed by atoms with Gasteiger partial charge in [0.05, 0.1) is 19.8 Å². The maximum absolute atomic E-state index is 13.7. The van der Waals surface area contributed by atoms with Crippen molar-refractivity contribution >= 4 is 11.0 Å². The molecule has 5 unspecified atom stereocenters. The predicted molar refractivity (Wildman–Crippen MR) is 145 cm³/mol. The topological polar surface area (TPSA) is 258 Å². The first-order valence-electron chi connectivity index (χ1n) is 13.4. The number of aromatic hydroxyl groups is 3. The smallest absolute Gasteiger partial charge is 0.239 e. The molecular weight excluding hydrogens is 592 g/mol. The molecule has 44 heavy (non-hydrogen) atoms. The Morgan fingerprint density at radius 3 is 2.16 bits per heavy atom. The molecule has 1 aromatic heterocycles. The third-order valence-corrected chi connectivity index (χ3v) is 7.49. The molecule has 0 aliphatic carbocycles. The van der Waals surface area contributed by atoms with Crippen molar-refractivity contribution in [3.63, 3.8) is 0 Å². The van der Waals surface area contributed by atoms with Gasteiger partial charge in [-0.2, -0.15) is 0 Å². The van der Waals surface area contributed by atoms with Crippen LogP contribution >= 0.6 is 0 Å². The number of hydrogen-bond donors (Lipinski definition) is 9. The number of aliphatic hydroxyl groups is 6. The van der Waals surface area contributed by atoms with Crippen LogP contribution in [0, 0.1) is 0 Å². The first kappa shape index (κ1) is 31.7. The van der Waals surface area contributed by atoms with Gasteiger partial charge in [0.15, 0.2) is 23.5 Å². The lowest BCUT2D eigenvalue weighted by atomic mass is 9.98. The average molecular weight is 625 g/mol. The minimum Gasteiger partial charge on any atom is -0.508 e. The summed E-state index contributed by atoms with van der Waals surface area (Å²) < 4.78 is 33.1. The summed E-state index contributed by atoms with van der Waals surface area (Å²) in [5.74, 6) is -2.33. The van der Waals surface area contributed by atoms with Gasteiger partial charge in [-0.05, 0) is 25.1 Å². The zero-order valence-corrected chi connectivity index (χ0v) is 23.3. The number of ether oxygens (including phenoxy) is 5. The number of phenolic OH excluding ortho intramolecular Hbond substituents is 3. The largest absolute Gasteiger partial charge is 0.508 e. The van der Waals surface area contributed by atoms with Gasteiger partial charge < -0.3 is 74.1 Å². The molecule has 16 heteroatoms. The molecular formula is C28H32O16. The van der Waals surface area contributed by atoms with Crippen molar-refractivity contribution in [2.24, 2.45) is 0 Å². The van der Waals surface area contributed by atoms with E-state index in [9.17, 15) is 50.8 Å². The highest BCUT2D eigenvalue weighted by Crippen LogP contribution is 2.39. The second-order valence-electron chi connectivity index (χ2n) is 10.5. The van der Waals surface area contributed by atoms with Crippen molar-refractivity contribution in [1.82, 2.24) is 0 Å². The summed E-state index contributed by atoms with van der Waals surface area (Å²) in [5, 5.41) is 92.3. The number of methoxy groups -OCH3 is 1. The molecule has 10 atom stereocenters. The van der Waals surface area contributed by atoms with E-state index >= 15 is 0 Å². The van der Waals surface area contributed by atoms with Crippen LogP contribution in [0.15, 0.2) is 39.5 Å². The number of aliphatic hydroxyl groups excluding tert-OH is 6. The summed E-state index contributed by atoms with van der Waals surface area (Å²) in [6, 6.07) is 5.88. The lowest BCUT2D eigenvalue weighted by Crippen LogP contribution is -2.61. The van der Waals surface area contributed by atoms with E-state index in [0.717, 1.165) is 12.1 Å². The molecule has 3 heterocycles. The highest BCUT2D eigenvalue weighted by atomic mass is 16.7. The van der Waals surface area contributed by atoms with Crippen LogP contribution < -0.4 is 14.9 Å². The first-order valence-corrected chi connectivity index (χ1v) is 13.4. The monoisotopic (exact) mass is 624 g/mol. The van der Waals surface area contributed by atoms with Crippen molar-refractivity contribution in [2.45, 2.75) is 68.3 Å². The lowest BCUT2D eigenvalue weighted by Gasteiger charge is -2.42. The summed E-state index contributed by atoms with van der Waals surface area (Å²) in [4.78, 5) is 13.7. The molecule has 240 valence electrons. The molecule has 0 amide bonds. The van der Waals surface area contributed by atoms with Gasteiger partial charge in [0.25, 0.3) is 0 Å². The molecule has 2 fully saturated rings. The van der Waals surface area contributed by atoms with Crippen LogP contribution in [0.3, 0.4) is 0 Å². The number of phenols is 3. The fraction of sp³-hybridized carbons (Fsp3) is 0.464. The van der Waals surface area contributed by atoms with E-state index < -0.39 is 96.1 Å². The number of fused-ring (bicyclic) bond motifs is 1. The zero-order valence-electron chi connectivity index (χ0n) is 23.3. The SMILES string of the molecule is COc1ccc(-c2oc3cc(O)cc(O)c3c(=O)c2O[C@@H]2OC(CO[C@@H]3OC(C)[C@H](O)[C@H](O)C3O)[C@@H](O)C(O)C2O)cc1O. The highest BCUT2D eigenvalue weighted by molar-refractivity contribution is 5.88. The Labute approximate surface area is 248 Å². The maximum atomic E-state index is 13.7. The predicted octanol–water partition coefficient (Wildman–Crippen LogP) is -1.38. The van der Waals surface area contributed by atoms with Gasteiger partial charge >= 0.3 is 0 Å². The van der Waals surface area contributed by atoms with Crippen LogP contribution in [0.25, 0.3) is 22.3 Å². The minimum atomic E-state index is -1.95. The normalized spacial score (nSPS) is 32.5. The summed E-state index contributed by atoms with van der Waals surface area (Å²) in [7, 11) is 1.32. The van der Waals surface area contributed by atoms with Gasteiger partial charge in [0, 0.05) is 17.7 Å². The second kappa shape index (κ2) is 12.4. The fourth-order valence-electron chi connectivity index (χ4n) is 5.01. The molecule has 0 radical (unpaired) electrons. The fourth-order valence-corrected chi connectivity index (χ4v) is 5.01. The summed E-state index contributed by atoms with van der Waals surface area (Å²) in [5.41, 5.74) is -1.19. The summed E-state index contributed by atoms with van der Waals surface area (Å²) in [6.45, 7) is 0.841. The first-order chi connectivity index (χ1) is 20.8. The van der Waals surface area contributed by atoms with Crippen LogP contribution in [-0.2, 0) is 14.2 Å². The molecule has 0 saturated carbocycles. The van der Waals surface area contributed by atoms with Gasteiger partial charge in [0.1, 0.15) is 65.2 Å². The standard InChI is InChI=1S/C28H32O16/c1-9-18(32)21(35)23(37)27(41-9)40-8-16-19(33)22(36)24(38)28(43-16)44-26-20(34)17-13(31)6-11(29)7-15(17)42-25(26)10-3-4-14(39-2)12(30)5-10/h3-7,9,16,18-19,21-24,27-33,35-38H,8H2,1-2H3/t9?,16?,18-,19+,21-,22?,23?,24?,27+,28-/m0/s1. The van der Waals surface area contributed by atoms with Gasteiger partial charge in [-0.25, -0.2) is 0 Å². The van der Waals surface area contributed by atoms with Gasteiger partial charge in [0.2, 0.25) is 17.5 Å². The van der Waals surface area contributed by atoms with Gasteiger partial charge in [-0.15, -0.1) is 0 Å². The van der Waals surface area contributed by atoms with Crippen molar-refractivity contribution in [3.8, 4) is 40.1 Å². The van der Waals surface area contributed by atoms with Crippen LogP contribution in [-0.4, -0.2) is 121 Å². The molecule has 3 aromatic rings. The number of rotatable bonds is 7. The van der Waals surface area contributed by atoms with E-state index in [1.807, 2.05) is 0 Å². The van der Waals surface area contributed by atoms with E-state index in [2.05, 4.69) is 0 Å². The van der Waals surface area contributed by atoms with Crippen LogP contribution in [0.5, 0.6) is 28.7 Å². The summed E-state index contributed by atoms with van der Waals surface area (Å²) >= 11 is 0. The van der Waals surface area contributed by atoms with Crippen molar-refractivity contribution < 1.29 is 74.1 Å². The number of benzene rings is 2. The van der Waals surface area contributed by atoms with E-state index in [4.69, 9.17) is 28.1 Å². The Kier molecular flexibility index (Phi) is 8.90. The van der Waals surface area contributed by atoms with Crippen molar-refractivity contribution in [3.05, 3.63) is 40.6 Å². The van der Waals surface area contributed by atoms with E-state index in [1.165, 1.54) is 32.2 Å². The Morgan fingerprint density at radius 2 is 1.48 bits per heavy atom. The Hall–Kier alpha value is -3.71. The Balaban J connectivity index is 1.48. The summed E-state index contributed by atoms with van der Waals surface area (Å²) in [6.07, 6.45) is -16.0. The highest BCUT2D eigenvalue weighted by Gasteiger charge is 2.47. The molecule has 2 saturated heterocycles. The van der Waals surface area contributed by atoms with Crippen molar-refractivity contribution in [2.75, 3.05) is 13.7 Å². The molecule has 0 bridgehead atoms. The van der Waals surface area contributed by atoms with Crippen molar-refractivity contribution in [1.29, 1.82) is 0 Å². The molecule has 9 N–H and O–H groups in total. The quantitative estimate of drug-likeness (QED) is 0.147. The third-order valence-electron chi connectivity index (χ3n) is 7.49. The molecule has 16 nitrogen and oxygen atoms in total. The molecule has 2 aliphatic heterocycles. The second-order valence-corrected chi connectivity index (χ2v) is 10.5.